The summed E-state index contributed by atoms with van der Waals surface area (Å²) in [5.41, 5.74) is 4.11. The van der Waals surface area contributed by atoms with E-state index in [2.05, 4.69) is 5.32 Å². The maximum atomic E-state index is 11.8. The standard InChI is InChI=1S/C17H19NO2/c1-13-2-4-14(5-3-13)10-17(20)18-11-15-6-8-16(12-19)9-7-15/h2-9,19H,10-12H2,1H3,(H,18,20). The van der Waals surface area contributed by atoms with E-state index >= 15 is 0 Å². The third-order valence-corrected chi connectivity index (χ3v) is 3.18. The largest absolute Gasteiger partial charge is 0.392 e. The molecular weight excluding hydrogens is 250 g/mol. The van der Waals surface area contributed by atoms with E-state index in [1.807, 2.05) is 55.5 Å². The van der Waals surface area contributed by atoms with Gasteiger partial charge in [-0.1, -0.05) is 54.1 Å². The van der Waals surface area contributed by atoms with Crippen LogP contribution in [0.1, 0.15) is 22.3 Å². The topological polar surface area (TPSA) is 49.3 Å². The zero-order valence-corrected chi connectivity index (χ0v) is 11.6. The minimum atomic E-state index is 0.0140. The normalized spacial score (nSPS) is 10.3. The monoisotopic (exact) mass is 269 g/mol. The highest BCUT2D eigenvalue weighted by Gasteiger charge is 2.03. The second kappa shape index (κ2) is 6.87. The van der Waals surface area contributed by atoms with Gasteiger partial charge in [0.1, 0.15) is 0 Å². The van der Waals surface area contributed by atoms with Crippen molar-refractivity contribution in [2.75, 3.05) is 0 Å². The van der Waals surface area contributed by atoms with Crippen molar-refractivity contribution in [3.8, 4) is 0 Å². The van der Waals surface area contributed by atoms with Crippen LogP contribution in [0.15, 0.2) is 48.5 Å². The number of nitrogens with one attached hydrogen (secondary N) is 1. The van der Waals surface area contributed by atoms with Crippen molar-refractivity contribution in [1.82, 2.24) is 5.32 Å². The lowest BCUT2D eigenvalue weighted by atomic mass is 10.1. The number of aryl methyl sites for hydroxylation is 1. The SMILES string of the molecule is Cc1ccc(CC(=O)NCc2ccc(CO)cc2)cc1. The number of hydrogen-bond donors (Lipinski definition) is 2. The quantitative estimate of drug-likeness (QED) is 0.875. The molecule has 0 aliphatic carbocycles. The molecule has 0 aliphatic rings. The Labute approximate surface area is 119 Å². The Balaban J connectivity index is 1.83. The predicted octanol–water partition coefficient (Wildman–Crippen LogP) is 2.35. The molecule has 2 rings (SSSR count). The van der Waals surface area contributed by atoms with E-state index in [4.69, 9.17) is 5.11 Å². The van der Waals surface area contributed by atoms with Crippen LogP contribution in [-0.4, -0.2) is 11.0 Å². The van der Waals surface area contributed by atoms with Crippen LogP contribution in [0.2, 0.25) is 0 Å². The van der Waals surface area contributed by atoms with E-state index in [1.165, 1.54) is 5.56 Å². The number of carbonyl (C=O) groups excluding carboxylic acids is 1. The highest BCUT2D eigenvalue weighted by molar-refractivity contribution is 5.78. The zero-order chi connectivity index (χ0) is 14.4. The van der Waals surface area contributed by atoms with E-state index in [0.29, 0.717) is 13.0 Å². The Morgan fingerprint density at radius 1 is 0.950 bits per heavy atom. The van der Waals surface area contributed by atoms with Gasteiger partial charge in [-0.3, -0.25) is 4.79 Å². The summed E-state index contributed by atoms with van der Waals surface area (Å²) in [5, 5.41) is 11.9. The van der Waals surface area contributed by atoms with Gasteiger partial charge in [0.25, 0.3) is 0 Å². The van der Waals surface area contributed by atoms with Crippen molar-refractivity contribution in [2.24, 2.45) is 0 Å². The van der Waals surface area contributed by atoms with Crippen molar-refractivity contribution in [3.05, 3.63) is 70.8 Å². The summed E-state index contributed by atoms with van der Waals surface area (Å²) in [6, 6.07) is 15.5. The van der Waals surface area contributed by atoms with Crippen LogP contribution in [-0.2, 0) is 24.4 Å². The van der Waals surface area contributed by atoms with E-state index < -0.39 is 0 Å². The Morgan fingerprint density at radius 3 is 2.10 bits per heavy atom. The van der Waals surface area contributed by atoms with Gasteiger partial charge in [0.2, 0.25) is 5.91 Å². The van der Waals surface area contributed by atoms with Gasteiger partial charge in [-0.2, -0.15) is 0 Å². The fraction of sp³-hybridized carbons (Fsp3) is 0.235. The molecule has 0 radical (unpaired) electrons. The molecule has 0 aliphatic heterocycles. The number of amides is 1. The molecule has 2 N–H and O–H groups in total. The minimum absolute atomic E-state index is 0.0140. The molecule has 0 saturated carbocycles. The molecule has 1 amide bonds. The first-order chi connectivity index (χ1) is 9.67. The van der Waals surface area contributed by atoms with Gasteiger partial charge in [0, 0.05) is 6.54 Å². The third kappa shape index (κ3) is 4.21. The fourth-order valence-electron chi connectivity index (χ4n) is 1.92. The molecule has 3 heteroatoms. The first kappa shape index (κ1) is 14.3. The second-order valence-corrected chi connectivity index (χ2v) is 4.91. The fourth-order valence-corrected chi connectivity index (χ4v) is 1.92. The Hall–Kier alpha value is -2.13. The molecule has 0 saturated heterocycles. The van der Waals surface area contributed by atoms with Gasteiger partial charge in [0.15, 0.2) is 0 Å². The molecule has 20 heavy (non-hydrogen) atoms. The lowest BCUT2D eigenvalue weighted by Gasteiger charge is -2.06. The van der Waals surface area contributed by atoms with E-state index in [1.54, 1.807) is 0 Å². The predicted molar refractivity (Wildman–Crippen MR) is 79.1 cm³/mol. The first-order valence-corrected chi connectivity index (χ1v) is 6.68. The summed E-state index contributed by atoms with van der Waals surface area (Å²) < 4.78 is 0. The summed E-state index contributed by atoms with van der Waals surface area (Å²) in [6.45, 7) is 2.58. The van der Waals surface area contributed by atoms with Gasteiger partial charge in [0.05, 0.1) is 13.0 Å². The molecule has 0 fully saturated rings. The van der Waals surface area contributed by atoms with Crippen LogP contribution < -0.4 is 5.32 Å². The van der Waals surface area contributed by atoms with E-state index in [-0.39, 0.29) is 12.5 Å². The van der Waals surface area contributed by atoms with Crippen LogP contribution in [0.5, 0.6) is 0 Å². The van der Waals surface area contributed by atoms with E-state index in [9.17, 15) is 4.79 Å². The molecule has 0 aromatic heterocycles. The first-order valence-electron chi connectivity index (χ1n) is 6.68. The molecule has 2 aromatic rings. The Kier molecular flexibility index (Phi) is 4.91. The molecule has 0 heterocycles. The van der Waals surface area contributed by atoms with Crippen molar-refractivity contribution >= 4 is 5.91 Å². The van der Waals surface area contributed by atoms with Gasteiger partial charge >= 0.3 is 0 Å². The number of rotatable bonds is 5. The molecule has 0 bridgehead atoms. The summed E-state index contributed by atoms with van der Waals surface area (Å²) in [7, 11) is 0. The average Bonchev–Trinajstić information content (AvgIpc) is 2.48. The highest BCUT2D eigenvalue weighted by atomic mass is 16.3. The van der Waals surface area contributed by atoms with Crippen molar-refractivity contribution in [3.63, 3.8) is 0 Å². The summed E-state index contributed by atoms with van der Waals surface area (Å²) >= 11 is 0. The third-order valence-electron chi connectivity index (χ3n) is 3.18. The van der Waals surface area contributed by atoms with Gasteiger partial charge in [-0.25, -0.2) is 0 Å². The van der Waals surface area contributed by atoms with Crippen LogP contribution in [0.3, 0.4) is 0 Å². The molecular formula is C17H19NO2. The van der Waals surface area contributed by atoms with Gasteiger partial charge in [-0.05, 0) is 23.6 Å². The number of carbonyl (C=O) groups is 1. The highest BCUT2D eigenvalue weighted by Crippen LogP contribution is 2.06. The van der Waals surface area contributed by atoms with Gasteiger partial charge in [-0.15, -0.1) is 0 Å². The van der Waals surface area contributed by atoms with Crippen LogP contribution in [0.25, 0.3) is 0 Å². The Bertz CT molecular complexity index is 559. The number of benzene rings is 2. The van der Waals surface area contributed by atoms with Crippen molar-refractivity contribution in [1.29, 1.82) is 0 Å². The minimum Gasteiger partial charge on any atom is -0.392 e. The molecule has 0 atom stereocenters. The maximum absolute atomic E-state index is 11.8. The molecule has 0 unspecified atom stereocenters. The summed E-state index contributed by atoms with van der Waals surface area (Å²) in [4.78, 5) is 11.8. The lowest BCUT2D eigenvalue weighted by Crippen LogP contribution is -2.24. The smallest absolute Gasteiger partial charge is 0.224 e. The molecule has 104 valence electrons. The van der Waals surface area contributed by atoms with Crippen LogP contribution in [0.4, 0.5) is 0 Å². The van der Waals surface area contributed by atoms with Crippen LogP contribution >= 0.6 is 0 Å². The average molecular weight is 269 g/mol. The molecule has 2 aromatic carbocycles. The van der Waals surface area contributed by atoms with E-state index in [0.717, 1.165) is 16.7 Å². The molecule has 3 nitrogen and oxygen atoms in total. The van der Waals surface area contributed by atoms with Crippen molar-refractivity contribution < 1.29 is 9.90 Å². The summed E-state index contributed by atoms with van der Waals surface area (Å²) in [5.74, 6) is 0.0140. The zero-order valence-electron chi connectivity index (χ0n) is 11.6. The number of aliphatic hydroxyl groups is 1. The summed E-state index contributed by atoms with van der Waals surface area (Å²) in [6.07, 6.45) is 0.398. The number of hydrogen-bond acceptors (Lipinski definition) is 2. The number of aliphatic hydroxyl groups excluding tert-OH is 1. The lowest BCUT2D eigenvalue weighted by molar-refractivity contribution is -0.120. The Morgan fingerprint density at radius 2 is 1.50 bits per heavy atom. The van der Waals surface area contributed by atoms with Gasteiger partial charge < -0.3 is 10.4 Å². The van der Waals surface area contributed by atoms with Crippen molar-refractivity contribution in [2.45, 2.75) is 26.5 Å². The maximum Gasteiger partial charge on any atom is 0.224 e. The second-order valence-electron chi connectivity index (χ2n) is 4.91. The molecule has 0 spiro atoms. The van der Waals surface area contributed by atoms with Crippen LogP contribution in [0, 0.1) is 6.92 Å².